The van der Waals surface area contributed by atoms with Gasteiger partial charge in [0.25, 0.3) is 0 Å². The van der Waals surface area contributed by atoms with Crippen LogP contribution in [0, 0.1) is 0 Å². The quantitative estimate of drug-likeness (QED) is 0.0261. The van der Waals surface area contributed by atoms with E-state index in [1.807, 2.05) is 6.08 Å². The van der Waals surface area contributed by atoms with Gasteiger partial charge in [0, 0.05) is 19.3 Å². The standard InChI is InChI=1S/C77H126O6/c1-4-7-10-13-16-19-22-25-28-30-32-33-34-35-36-37-38-39-40-41-42-43-45-46-49-52-55-58-61-64-67-70-76(79)82-73-74(72-81-75(78)69-66-63-60-57-54-51-48-27-24-21-18-15-12-9-6-3)83-77(80)71-68-65-62-59-56-53-50-47-44-31-29-26-23-20-17-14-11-8-5-2/h7-8,10-11,16-17,19-20,25-29,32-33,35-36,44,47-48,53,56,62,65,74H,4-6,9,12-15,18,21-24,30-31,34,37-43,45-46,49-52,54-55,57-61,63-64,66-73H2,1-3H3/b10-7-,11-8-,19-16-,20-17-,28-25-,29-26-,33-32-,36-35-,47-44-,48-27-,56-53-,65-62-. The van der Waals surface area contributed by atoms with Crippen molar-refractivity contribution in [3.8, 4) is 0 Å². The van der Waals surface area contributed by atoms with E-state index in [2.05, 4.69) is 161 Å². The Bertz CT molecular complexity index is 1800. The van der Waals surface area contributed by atoms with Crippen molar-refractivity contribution < 1.29 is 28.6 Å². The summed E-state index contributed by atoms with van der Waals surface area (Å²) in [5, 5.41) is 0. The molecule has 0 aliphatic carbocycles. The smallest absolute Gasteiger partial charge is 0.306 e. The minimum atomic E-state index is -0.828. The van der Waals surface area contributed by atoms with Crippen LogP contribution in [0.15, 0.2) is 146 Å². The molecule has 0 aliphatic heterocycles. The predicted octanol–water partition coefficient (Wildman–Crippen LogP) is 23.9. The number of carbonyl (C=O) groups excluding carboxylic acids is 3. The molecule has 1 atom stereocenters. The second kappa shape index (κ2) is 69.8. The first-order valence-electron chi connectivity index (χ1n) is 34.3. The summed E-state index contributed by atoms with van der Waals surface area (Å²) in [6, 6.07) is 0. The van der Waals surface area contributed by atoms with Crippen molar-refractivity contribution in [2.45, 2.75) is 309 Å². The lowest BCUT2D eigenvalue weighted by Gasteiger charge is -2.18. The lowest BCUT2D eigenvalue weighted by atomic mass is 10.0. The summed E-state index contributed by atoms with van der Waals surface area (Å²) in [6.07, 6.45) is 100. The molecule has 0 amide bonds. The van der Waals surface area contributed by atoms with Crippen molar-refractivity contribution in [3.05, 3.63) is 146 Å². The largest absolute Gasteiger partial charge is 0.462 e. The molecule has 0 spiro atoms. The summed E-state index contributed by atoms with van der Waals surface area (Å²) in [4.78, 5) is 38.4. The number of unbranched alkanes of at least 4 members (excludes halogenated alkanes) is 26. The lowest BCUT2D eigenvalue weighted by molar-refractivity contribution is -0.166. The third kappa shape index (κ3) is 68.0. The number of rotatable bonds is 61. The molecular weight excluding hydrogens is 1020 g/mol. The van der Waals surface area contributed by atoms with Crippen molar-refractivity contribution in [1.82, 2.24) is 0 Å². The summed E-state index contributed by atoms with van der Waals surface area (Å²) in [5.74, 6) is -1.00. The minimum absolute atomic E-state index is 0.113. The lowest BCUT2D eigenvalue weighted by Crippen LogP contribution is -2.30. The van der Waals surface area contributed by atoms with Crippen molar-refractivity contribution in [2.75, 3.05) is 13.2 Å². The topological polar surface area (TPSA) is 78.9 Å². The van der Waals surface area contributed by atoms with Gasteiger partial charge < -0.3 is 14.2 Å². The van der Waals surface area contributed by atoms with Crippen LogP contribution >= 0.6 is 0 Å². The van der Waals surface area contributed by atoms with Gasteiger partial charge >= 0.3 is 17.9 Å². The second-order valence-corrected chi connectivity index (χ2v) is 22.3. The fourth-order valence-corrected chi connectivity index (χ4v) is 9.26. The monoisotopic (exact) mass is 1150 g/mol. The van der Waals surface area contributed by atoms with Crippen molar-refractivity contribution in [1.29, 1.82) is 0 Å². The van der Waals surface area contributed by atoms with Crippen LogP contribution in [0.2, 0.25) is 0 Å². The van der Waals surface area contributed by atoms with E-state index >= 15 is 0 Å². The molecule has 470 valence electrons. The number of carbonyl (C=O) groups is 3. The van der Waals surface area contributed by atoms with Crippen LogP contribution in [0.1, 0.15) is 303 Å². The van der Waals surface area contributed by atoms with Gasteiger partial charge in [0.1, 0.15) is 13.2 Å². The molecule has 0 fully saturated rings. The van der Waals surface area contributed by atoms with Crippen LogP contribution in [0.25, 0.3) is 0 Å². The average Bonchev–Trinajstić information content (AvgIpc) is 3.49. The molecule has 0 rings (SSSR count). The third-order valence-electron chi connectivity index (χ3n) is 14.3. The molecule has 6 nitrogen and oxygen atoms in total. The molecule has 0 bridgehead atoms. The van der Waals surface area contributed by atoms with Crippen molar-refractivity contribution in [3.63, 3.8) is 0 Å². The maximum atomic E-state index is 12.9. The summed E-state index contributed by atoms with van der Waals surface area (Å²) < 4.78 is 16.9. The van der Waals surface area contributed by atoms with E-state index in [-0.39, 0.29) is 31.6 Å². The molecular formula is C77H126O6. The summed E-state index contributed by atoms with van der Waals surface area (Å²) >= 11 is 0. The van der Waals surface area contributed by atoms with Crippen LogP contribution in [0.3, 0.4) is 0 Å². The van der Waals surface area contributed by atoms with E-state index < -0.39 is 12.1 Å². The van der Waals surface area contributed by atoms with Gasteiger partial charge in [-0.2, -0.15) is 0 Å². The van der Waals surface area contributed by atoms with E-state index in [0.717, 1.165) is 122 Å². The molecule has 6 heteroatoms. The number of esters is 3. The molecule has 83 heavy (non-hydrogen) atoms. The van der Waals surface area contributed by atoms with E-state index in [9.17, 15) is 14.4 Å². The molecule has 0 radical (unpaired) electrons. The first-order chi connectivity index (χ1) is 41.0. The Kier molecular flexibility index (Phi) is 65.8. The molecule has 1 unspecified atom stereocenters. The van der Waals surface area contributed by atoms with Gasteiger partial charge in [-0.05, 0) is 128 Å². The molecule has 0 saturated carbocycles. The fourth-order valence-electron chi connectivity index (χ4n) is 9.26. The summed E-state index contributed by atoms with van der Waals surface area (Å²) in [6.45, 7) is 6.35. The second-order valence-electron chi connectivity index (χ2n) is 22.3. The molecule has 0 aliphatic rings. The zero-order valence-electron chi connectivity index (χ0n) is 53.9. The van der Waals surface area contributed by atoms with Crippen LogP contribution in [0.5, 0.6) is 0 Å². The summed E-state index contributed by atoms with van der Waals surface area (Å²) in [7, 11) is 0. The highest BCUT2D eigenvalue weighted by atomic mass is 16.6. The first kappa shape index (κ1) is 78.3. The van der Waals surface area contributed by atoms with Crippen LogP contribution in [0.4, 0.5) is 0 Å². The maximum absolute atomic E-state index is 12.9. The fraction of sp³-hybridized carbons (Fsp3) is 0.649. The molecule has 0 saturated heterocycles. The Morgan fingerprint density at radius 2 is 0.494 bits per heavy atom. The average molecular weight is 1150 g/mol. The van der Waals surface area contributed by atoms with Crippen LogP contribution in [-0.2, 0) is 28.6 Å². The third-order valence-corrected chi connectivity index (χ3v) is 14.3. The molecule has 0 N–H and O–H groups in total. The van der Waals surface area contributed by atoms with Crippen LogP contribution < -0.4 is 0 Å². The Balaban J connectivity index is 4.36. The highest BCUT2D eigenvalue weighted by Crippen LogP contribution is 2.16. The highest BCUT2D eigenvalue weighted by molar-refractivity contribution is 5.71. The van der Waals surface area contributed by atoms with Gasteiger partial charge in [-0.3, -0.25) is 14.4 Å². The van der Waals surface area contributed by atoms with E-state index in [4.69, 9.17) is 14.2 Å². The van der Waals surface area contributed by atoms with E-state index in [1.54, 1.807) is 0 Å². The first-order valence-corrected chi connectivity index (χ1v) is 34.3. The van der Waals surface area contributed by atoms with Gasteiger partial charge in [-0.25, -0.2) is 0 Å². The minimum Gasteiger partial charge on any atom is -0.462 e. The maximum Gasteiger partial charge on any atom is 0.306 e. The normalized spacial score (nSPS) is 13.0. The molecule has 0 aromatic heterocycles. The van der Waals surface area contributed by atoms with Gasteiger partial charge in [0.2, 0.25) is 0 Å². The van der Waals surface area contributed by atoms with Gasteiger partial charge in [-0.1, -0.05) is 301 Å². The SMILES string of the molecule is CC/C=C\C/C=C\C/C=C\C/C=C\C/C=C\C/C=C\CCC(=O)OC(COC(=O)CCCCCCC/C=C\CCCCCCCC)COC(=O)CCCCCCCCCCCCCCCCC/C=C\C/C=C\C/C=C\C/C=C\C/C=C\CC. The Hall–Kier alpha value is -4.71. The zero-order chi connectivity index (χ0) is 59.9. The van der Waals surface area contributed by atoms with Crippen LogP contribution in [-0.4, -0.2) is 37.2 Å². The zero-order valence-corrected chi connectivity index (χ0v) is 53.9. The van der Waals surface area contributed by atoms with Crippen molar-refractivity contribution >= 4 is 17.9 Å². The van der Waals surface area contributed by atoms with Gasteiger partial charge in [0.15, 0.2) is 6.10 Å². The number of allylic oxidation sites excluding steroid dienone is 24. The number of ether oxygens (including phenoxy) is 3. The number of hydrogen-bond acceptors (Lipinski definition) is 6. The summed E-state index contributed by atoms with van der Waals surface area (Å²) in [5.41, 5.74) is 0. The number of hydrogen-bond donors (Lipinski definition) is 0. The highest BCUT2D eigenvalue weighted by Gasteiger charge is 2.19. The van der Waals surface area contributed by atoms with Gasteiger partial charge in [0.05, 0.1) is 0 Å². The Labute approximate surface area is 512 Å². The Morgan fingerprint density at radius 3 is 0.795 bits per heavy atom. The molecule has 0 aromatic rings. The predicted molar refractivity (Wildman–Crippen MR) is 362 cm³/mol. The molecule has 0 aromatic carbocycles. The van der Waals surface area contributed by atoms with Gasteiger partial charge in [-0.15, -0.1) is 0 Å². The van der Waals surface area contributed by atoms with E-state index in [0.29, 0.717) is 19.3 Å². The molecule has 0 heterocycles. The van der Waals surface area contributed by atoms with Crippen molar-refractivity contribution in [2.24, 2.45) is 0 Å². The Morgan fingerprint density at radius 1 is 0.253 bits per heavy atom. The van der Waals surface area contributed by atoms with E-state index in [1.165, 1.54) is 135 Å².